The van der Waals surface area contributed by atoms with Crippen LogP contribution in [0, 0.1) is 13.2 Å². The maximum atomic E-state index is 9.32. The molecule has 5 heterocycles. The maximum absolute atomic E-state index is 9.32. The SMILES string of the molecule is [2H]c1c([2H])c([2H])c(-c2cccc(-c3c([2H])c([2H])c([2H])c([2H])c3[2H])c2-[n+]2[c-]n(-c3cccc(Oc4ccc5c6ccccc6n(-c6cc(C([2H])([2H])[2H])c(-c7cc(-n8c9ccccc9c9ccccc98)cc(-n8c9ccccc9c9ccccc98)c7)cn6)c5c4)c3)c3ccccc32)c([2H])c1[2H]. The smallest absolute Gasteiger partial charge is 0.269 e. The zero-order valence-electron chi connectivity index (χ0n) is 58.6. The van der Waals surface area contributed by atoms with Crippen LogP contribution in [0.15, 0.2) is 297 Å². The first-order valence-electron chi connectivity index (χ1n) is 34.6. The van der Waals surface area contributed by atoms with Crippen LogP contribution in [0.25, 0.3) is 138 Å². The predicted octanol–water partition coefficient (Wildman–Crippen LogP) is 19.5. The van der Waals surface area contributed by atoms with Crippen molar-refractivity contribution in [3.8, 4) is 73.4 Å². The Morgan fingerprint density at radius 1 is 0.395 bits per heavy atom. The van der Waals surface area contributed by atoms with Crippen LogP contribution in [0.4, 0.5) is 0 Å². The molecule has 7 nitrogen and oxygen atoms in total. The molecular formula is C79H52N6O. The second-order valence-corrected chi connectivity index (χ2v) is 21.2. The number of ether oxygens (including phenoxy) is 1. The van der Waals surface area contributed by atoms with Crippen molar-refractivity contribution in [2.75, 3.05) is 0 Å². The number of benzene rings is 12. The molecule has 0 N–H and O–H groups in total. The van der Waals surface area contributed by atoms with Gasteiger partial charge in [0.1, 0.15) is 17.3 Å². The zero-order chi connectivity index (χ0) is 68.0. The fourth-order valence-corrected chi connectivity index (χ4v) is 12.7. The molecule has 7 heteroatoms. The number of fused-ring (bicyclic) bond motifs is 10. The van der Waals surface area contributed by atoms with E-state index in [4.69, 9.17) is 23.4 Å². The zero-order valence-corrected chi connectivity index (χ0v) is 45.6. The Morgan fingerprint density at radius 2 is 0.884 bits per heavy atom. The molecule has 5 aromatic heterocycles. The minimum absolute atomic E-state index is 0.105. The number of para-hydroxylation sites is 8. The summed E-state index contributed by atoms with van der Waals surface area (Å²) in [6, 6.07) is 68.7. The van der Waals surface area contributed by atoms with Gasteiger partial charge < -0.3 is 13.9 Å². The van der Waals surface area contributed by atoms with Gasteiger partial charge in [0.15, 0.2) is 0 Å². The fraction of sp³-hybridized carbons (Fsp3) is 0.0127. The molecule has 0 spiro atoms. The normalized spacial score (nSPS) is 14.1. The Labute approximate surface area is 514 Å². The van der Waals surface area contributed by atoms with Crippen molar-refractivity contribution in [2.24, 2.45) is 0 Å². The van der Waals surface area contributed by atoms with Crippen LogP contribution in [-0.2, 0) is 0 Å². The van der Waals surface area contributed by atoms with Crippen molar-refractivity contribution in [1.29, 1.82) is 0 Å². The van der Waals surface area contributed by atoms with Gasteiger partial charge >= 0.3 is 0 Å². The summed E-state index contributed by atoms with van der Waals surface area (Å²) in [5.41, 5.74) is 10.1. The van der Waals surface area contributed by atoms with E-state index in [0.717, 1.165) is 71.3 Å². The summed E-state index contributed by atoms with van der Waals surface area (Å²) < 4.78 is 133. The Hall–Kier alpha value is -11.5. The summed E-state index contributed by atoms with van der Waals surface area (Å²) in [6.07, 6.45) is 5.13. The molecule has 0 amide bonds. The number of nitrogens with zero attached hydrogens (tertiary/aromatic N) is 6. The third kappa shape index (κ3) is 7.90. The van der Waals surface area contributed by atoms with Crippen LogP contribution >= 0.6 is 0 Å². The van der Waals surface area contributed by atoms with Crippen molar-refractivity contribution in [3.63, 3.8) is 0 Å². The van der Waals surface area contributed by atoms with Crippen LogP contribution in [0.1, 0.15) is 23.4 Å². The monoisotopic (exact) mass is 1110 g/mol. The number of hydrogen-bond acceptors (Lipinski definition) is 2. The summed E-state index contributed by atoms with van der Waals surface area (Å²) in [5, 5.41) is 6.13. The molecule has 17 rings (SSSR count). The lowest BCUT2D eigenvalue weighted by Gasteiger charge is -2.17. The van der Waals surface area contributed by atoms with Crippen LogP contribution in [0.2, 0.25) is 0 Å². The summed E-state index contributed by atoms with van der Waals surface area (Å²) >= 11 is 0. The van der Waals surface area contributed by atoms with Gasteiger partial charge in [0.05, 0.1) is 69.2 Å². The lowest BCUT2D eigenvalue weighted by molar-refractivity contribution is -0.571. The highest BCUT2D eigenvalue weighted by Crippen LogP contribution is 2.41. The van der Waals surface area contributed by atoms with E-state index in [0.29, 0.717) is 50.7 Å². The molecule has 0 saturated heterocycles. The molecule has 0 aliphatic heterocycles. The van der Waals surface area contributed by atoms with E-state index in [-0.39, 0.29) is 33.5 Å². The highest BCUT2D eigenvalue weighted by Gasteiger charge is 2.23. The lowest BCUT2D eigenvalue weighted by Crippen LogP contribution is -2.31. The van der Waals surface area contributed by atoms with Gasteiger partial charge in [-0.15, -0.1) is 0 Å². The number of hydrogen-bond donors (Lipinski definition) is 0. The summed E-state index contributed by atoms with van der Waals surface area (Å²) in [6.45, 7) is -2.62. The Balaban J connectivity index is 0.799. The summed E-state index contributed by atoms with van der Waals surface area (Å²) in [4.78, 5) is 5.21. The predicted molar refractivity (Wildman–Crippen MR) is 352 cm³/mol. The minimum atomic E-state index is -2.62. The quantitative estimate of drug-likeness (QED) is 0.101. The molecule has 0 bridgehead atoms. The molecule has 404 valence electrons. The Bertz CT molecular complexity index is 5920. The van der Waals surface area contributed by atoms with E-state index in [2.05, 4.69) is 82.2 Å². The van der Waals surface area contributed by atoms with Crippen LogP contribution < -0.4 is 9.30 Å². The number of rotatable bonds is 10. The molecule has 0 fully saturated rings. The van der Waals surface area contributed by atoms with Gasteiger partial charge in [0, 0.05) is 65.6 Å². The van der Waals surface area contributed by atoms with E-state index in [9.17, 15) is 4.11 Å². The molecule has 0 aliphatic carbocycles. The highest BCUT2D eigenvalue weighted by atomic mass is 16.5. The van der Waals surface area contributed by atoms with Gasteiger partial charge in [-0.05, 0) is 125 Å². The molecule has 0 saturated carbocycles. The lowest BCUT2D eigenvalue weighted by atomic mass is 9.95. The van der Waals surface area contributed by atoms with E-state index < -0.39 is 67.3 Å². The van der Waals surface area contributed by atoms with Crippen LogP contribution in [0.5, 0.6) is 11.5 Å². The van der Waals surface area contributed by atoms with Gasteiger partial charge in [-0.25, -0.2) is 4.98 Å². The van der Waals surface area contributed by atoms with Crippen molar-refractivity contribution < 1.29 is 27.1 Å². The molecule has 0 atom stereocenters. The van der Waals surface area contributed by atoms with Gasteiger partial charge in [0.2, 0.25) is 0 Å². The van der Waals surface area contributed by atoms with E-state index in [1.165, 1.54) is 0 Å². The first-order valence-corrected chi connectivity index (χ1v) is 28.1. The second kappa shape index (κ2) is 19.8. The number of imidazole rings is 1. The van der Waals surface area contributed by atoms with Crippen molar-refractivity contribution in [1.82, 2.24) is 23.3 Å². The number of aromatic nitrogens is 6. The maximum Gasteiger partial charge on any atom is 0.269 e. The number of pyridine rings is 1. The van der Waals surface area contributed by atoms with Crippen molar-refractivity contribution >= 4 is 76.5 Å². The average molecular weight is 1110 g/mol. The first-order chi connectivity index (χ1) is 47.9. The Morgan fingerprint density at radius 3 is 1.44 bits per heavy atom. The van der Waals surface area contributed by atoms with Crippen molar-refractivity contribution in [3.05, 3.63) is 309 Å². The van der Waals surface area contributed by atoms with E-state index in [1.54, 1.807) is 57.8 Å². The fourth-order valence-electron chi connectivity index (χ4n) is 12.7. The van der Waals surface area contributed by atoms with Crippen LogP contribution in [-0.4, -0.2) is 23.3 Å². The second-order valence-electron chi connectivity index (χ2n) is 21.2. The highest BCUT2D eigenvalue weighted by molar-refractivity contribution is 6.12. The largest absolute Gasteiger partial charge is 0.458 e. The topological polar surface area (TPSA) is 45.7 Å². The third-order valence-corrected chi connectivity index (χ3v) is 16.3. The molecule has 86 heavy (non-hydrogen) atoms. The number of aryl methyl sites for hydroxylation is 1. The van der Waals surface area contributed by atoms with Gasteiger partial charge in [-0.3, -0.25) is 13.7 Å². The van der Waals surface area contributed by atoms with E-state index in [1.807, 2.05) is 126 Å². The summed E-state index contributed by atoms with van der Waals surface area (Å²) in [5.74, 6) is 1.24. The Kier molecular flexibility index (Phi) is 8.66. The standard InChI is InChI=1S/C79H52N6O/c1-52-44-78(80-50-69(52)55-45-57(83-70-35-13-8-28-63(70)64-29-9-14-36-71(64)83)47-58(46-55)84-72-37-15-10-30-65(72)66-31-11-16-38-73(66)84)85-74-39-17-12-32-67(74)68-43-42-60(49-77(68)85)86-59-27-20-26-56(48-59)81-51-82(76-41-19-18-40-75(76)81)79-61(53-22-4-2-5-23-53)33-21-34-62(79)54-24-6-3-7-25-54/h2-50H,1H3/i1D3,2D,3D,4D,5D,6D,7D,22D,23D,24D,25D. The molecule has 17 aromatic rings. The summed E-state index contributed by atoms with van der Waals surface area (Å²) in [7, 11) is 0. The van der Waals surface area contributed by atoms with Gasteiger partial charge in [-0.2, -0.15) is 0 Å². The molecule has 0 aliphatic rings. The molecular weight excluding hydrogens is 1050 g/mol. The average Bonchev–Trinajstić information content (AvgIpc) is 1.71. The van der Waals surface area contributed by atoms with Gasteiger partial charge in [0.25, 0.3) is 6.33 Å². The van der Waals surface area contributed by atoms with E-state index >= 15 is 0 Å². The first kappa shape index (κ1) is 37.5. The van der Waals surface area contributed by atoms with Gasteiger partial charge in [-0.1, -0.05) is 200 Å². The molecule has 0 unspecified atom stereocenters. The van der Waals surface area contributed by atoms with Crippen LogP contribution in [0.3, 0.4) is 0 Å². The van der Waals surface area contributed by atoms with Crippen molar-refractivity contribution in [2.45, 2.75) is 6.85 Å². The third-order valence-electron chi connectivity index (χ3n) is 16.3. The minimum Gasteiger partial charge on any atom is -0.458 e. The molecule has 0 radical (unpaired) electrons. The molecule has 12 aromatic carbocycles.